The van der Waals surface area contributed by atoms with Crippen LogP contribution < -0.4 is 39.9 Å². The molecule has 5 N–H and O–H groups in total. The molecule has 0 aromatic rings. The van der Waals surface area contributed by atoms with E-state index in [-0.39, 0.29) is 47.8 Å². The van der Waals surface area contributed by atoms with Crippen molar-refractivity contribution in [2.75, 3.05) is 153 Å². The van der Waals surface area contributed by atoms with E-state index < -0.39 is 0 Å². The van der Waals surface area contributed by atoms with Crippen LogP contribution in [0.5, 0.6) is 0 Å². The smallest absolute Gasteiger partial charge is 0.170 e. The minimum Gasteiger partial charge on any atom is -1.00 e. The summed E-state index contributed by atoms with van der Waals surface area (Å²) in [5.74, 6) is 2.25. The van der Waals surface area contributed by atoms with Gasteiger partial charge >= 0.3 is 0 Å². The van der Waals surface area contributed by atoms with Crippen LogP contribution in [-0.4, -0.2) is 241 Å². The topological polar surface area (TPSA) is 226 Å². The molecule has 0 bridgehead atoms. The van der Waals surface area contributed by atoms with E-state index in [9.17, 15) is 28.8 Å². The molecule has 3 saturated carbocycles. The second kappa shape index (κ2) is 45.5. The fourth-order valence-corrected chi connectivity index (χ4v) is 10.7. The molecule has 0 amide bonds. The number of aliphatic hydroxyl groups excluding tert-OH is 2. The fourth-order valence-electron chi connectivity index (χ4n) is 10.7. The van der Waals surface area contributed by atoms with E-state index in [0.717, 1.165) is 264 Å². The Labute approximate surface area is 512 Å². The maximum atomic E-state index is 10.7. The normalized spacial score (nSPS) is 25.6. The van der Waals surface area contributed by atoms with Crippen LogP contribution in [0.4, 0.5) is 0 Å². The number of Topliss-reactive ketones (excluding diaryl/α,β-unsaturated/α-hetero) is 6. The Hall–Kier alpha value is -1.77. The molecule has 82 heavy (non-hydrogen) atoms. The highest BCUT2D eigenvalue weighted by atomic mass is 127. The first-order chi connectivity index (χ1) is 38.9. The predicted octanol–water partition coefficient (Wildman–Crippen LogP) is 2.58. The summed E-state index contributed by atoms with van der Waals surface area (Å²) >= 11 is 0. The number of piperidine rings is 7. The lowest BCUT2D eigenvalue weighted by Crippen LogP contribution is -3.00. The highest BCUT2D eigenvalue weighted by molar-refractivity contribution is 5.81. The Bertz CT molecular complexity index is 1540. The molecular formula is C62H116IN7O12. The number of halogens is 1. The lowest BCUT2D eigenvalue weighted by atomic mass is 9.94. The fraction of sp³-hybridized carbons (Fsp3) is 0.903. The number of carbonyl (C=O) groups is 6. The summed E-state index contributed by atoms with van der Waals surface area (Å²) in [7, 11) is 10.5. The van der Waals surface area contributed by atoms with Crippen LogP contribution in [0.25, 0.3) is 0 Å². The maximum absolute atomic E-state index is 10.7. The van der Waals surface area contributed by atoms with Crippen LogP contribution in [0, 0.1) is 0 Å². The molecule has 0 aromatic heterocycles. The average Bonchev–Trinajstić information content (AvgIpc) is 4.29. The van der Waals surface area contributed by atoms with Crippen molar-refractivity contribution in [3.63, 3.8) is 0 Å². The number of nitrogens with zero attached hydrogens (tertiary/aromatic N) is 4. The van der Waals surface area contributed by atoms with Crippen molar-refractivity contribution in [1.82, 2.24) is 30.7 Å². The second-order valence-electron chi connectivity index (χ2n) is 24.6. The number of ether oxygens (including phenoxy) is 4. The number of aliphatic hydroxyl groups is 2. The number of hydrogen-bond acceptors (Lipinski definition) is 18. The largest absolute Gasteiger partial charge is 1.00 e. The molecule has 9 heterocycles. The molecule has 12 rings (SSSR count). The average molecular weight is 1280 g/mol. The van der Waals surface area contributed by atoms with Crippen molar-refractivity contribution in [3.8, 4) is 0 Å². The highest BCUT2D eigenvalue weighted by Crippen LogP contribution is 2.35. The van der Waals surface area contributed by atoms with Gasteiger partial charge in [0.15, 0.2) is 11.6 Å². The van der Waals surface area contributed by atoms with Crippen LogP contribution in [0.1, 0.15) is 186 Å². The van der Waals surface area contributed by atoms with Crippen molar-refractivity contribution in [2.45, 2.75) is 210 Å². The van der Waals surface area contributed by atoms with Gasteiger partial charge < -0.3 is 88.3 Å². The maximum Gasteiger partial charge on any atom is 0.170 e. The van der Waals surface area contributed by atoms with Crippen LogP contribution >= 0.6 is 0 Å². The monoisotopic (exact) mass is 1280 g/mol. The zero-order valence-corrected chi connectivity index (χ0v) is 54.2. The van der Waals surface area contributed by atoms with Gasteiger partial charge in [-0.2, -0.15) is 0 Å². The van der Waals surface area contributed by atoms with Crippen molar-refractivity contribution in [3.05, 3.63) is 0 Å². The van der Waals surface area contributed by atoms with Gasteiger partial charge in [-0.1, -0.05) is 32.1 Å². The summed E-state index contributed by atoms with van der Waals surface area (Å²) in [5.41, 5.74) is 0. The highest BCUT2D eigenvalue weighted by Gasteiger charge is 2.38. The van der Waals surface area contributed by atoms with Gasteiger partial charge in [-0.15, -0.1) is 0 Å². The molecule has 9 saturated heterocycles. The van der Waals surface area contributed by atoms with Gasteiger partial charge in [0, 0.05) is 155 Å². The lowest BCUT2D eigenvalue weighted by molar-refractivity contribution is -0.891. The van der Waals surface area contributed by atoms with E-state index >= 15 is 0 Å². The summed E-state index contributed by atoms with van der Waals surface area (Å²) in [5, 5.41) is 27.3. The summed E-state index contributed by atoms with van der Waals surface area (Å²) in [4.78, 5) is 69.9. The van der Waals surface area contributed by atoms with Gasteiger partial charge in [0.05, 0.1) is 78.7 Å². The minimum atomic E-state index is -0.189. The van der Waals surface area contributed by atoms with Crippen molar-refractivity contribution >= 4 is 34.7 Å². The van der Waals surface area contributed by atoms with Crippen LogP contribution in [-0.2, 0) is 47.7 Å². The number of quaternary nitrogens is 1. The molecule has 0 radical (unpaired) electrons. The number of hydrogen-bond donors (Lipinski definition) is 5. The first-order valence-electron chi connectivity index (χ1n) is 31.9. The quantitative estimate of drug-likeness (QED) is 0.174. The first kappa shape index (κ1) is 76.3. The SMILES string of the molecule is C1CC2(CCN1)OCCO2.C1CCC2(CC1)OCCO2.CN1CCC(=O)CC1.CN1CCC(=O)CC1.CN1CCC(=O)CC1.C[N+]1(C)CCC(=O)CC1.O=C1CCCCC1.O=C1CCNCC1.OC1CCCCC1.OC1CCNCC1.[I-]. The molecule has 478 valence electrons. The molecule has 2 spiro atoms. The molecular weight excluding hydrogens is 1160 g/mol. The van der Waals surface area contributed by atoms with Gasteiger partial charge in [0.25, 0.3) is 0 Å². The van der Waals surface area contributed by atoms with E-state index in [0.29, 0.717) is 34.7 Å². The van der Waals surface area contributed by atoms with E-state index in [1.54, 1.807) is 0 Å². The third-order valence-corrected chi connectivity index (χ3v) is 16.7. The third-order valence-electron chi connectivity index (χ3n) is 16.7. The Morgan fingerprint density at radius 1 is 0.378 bits per heavy atom. The Morgan fingerprint density at radius 2 is 0.683 bits per heavy atom. The van der Waals surface area contributed by atoms with E-state index in [4.69, 9.17) is 29.2 Å². The number of ketones is 6. The molecule has 12 aliphatic rings. The van der Waals surface area contributed by atoms with Gasteiger partial charge in [-0.05, 0) is 85.6 Å². The number of nitrogens with one attached hydrogen (secondary N) is 3. The van der Waals surface area contributed by atoms with Crippen LogP contribution in [0.2, 0.25) is 0 Å². The summed E-state index contributed by atoms with van der Waals surface area (Å²) in [6.07, 6.45) is 28.8. The predicted molar refractivity (Wildman–Crippen MR) is 318 cm³/mol. The second-order valence-corrected chi connectivity index (χ2v) is 24.6. The molecule has 20 heteroatoms. The van der Waals surface area contributed by atoms with Crippen molar-refractivity contribution in [1.29, 1.82) is 0 Å². The van der Waals surface area contributed by atoms with E-state index in [1.165, 1.54) is 44.9 Å². The molecule has 0 atom stereocenters. The minimum absolute atomic E-state index is 0. The standard InChI is InChI=1S/C8H14O2.C7H13NO2.C7H14NO.3C6H11NO.C6H12O.C6H10O.C5H11NO.C5H9NO.HI/c1-2-4-8(5-3-1)9-6-7-10-8;1-3-8-4-2-7(1)9-5-6-10-7;1-8(2)5-3-7(9)4-6-8;3*1-7-4-2-6(8)3-5-7;2*7-6-4-2-1-3-5-6;2*7-5-1-3-6-4-2-5;/h1-7H2;8H,1-6H2;3-6H2,1-2H3;3*2-5H2,1H3;6-7H,1-5H2;1-5H2;5-7H,1-4H2;6H,1-4H2;1H/q;;+1;;;;;;;;/p-1. The Kier molecular flexibility index (Phi) is 42.4. The summed E-state index contributed by atoms with van der Waals surface area (Å²) in [6.45, 7) is 16.8. The Morgan fingerprint density at radius 3 is 0.976 bits per heavy atom. The van der Waals surface area contributed by atoms with Crippen LogP contribution in [0.3, 0.4) is 0 Å². The number of carbonyl (C=O) groups excluding carboxylic acids is 6. The zero-order valence-electron chi connectivity index (χ0n) is 52.0. The molecule has 3 aliphatic carbocycles. The van der Waals surface area contributed by atoms with Gasteiger partial charge in [-0.3, -0.25) is 28.8 Å². The molecule has 0 unspecified atom stereocenters. The van der Waals surface area contributed by atoms with Crippen molar-refractivity contribution < 1.29 is 86.4 Å². The Balaban J connectivity index is 0.000000312. The first-order valence-corrected chi connectivity index (χ1v) is 31.9. The molecule has 9 aliphatic heterocycles. The van der Waals surface area contributed by atoms with Gasteiger partial charge in [0.2, 0.25) is 0 Å². The number of rotatable bonds is 0. The molecule has 19 nitrogen and oxygen atoms in total. The number of likely N-dealkylation sites (tertiary alicyclic amines) is 4. The van der Waals surface area contributed by atoms with Gasteiger partial charge in [-0.25, -0.2) is 0 Å². The van der Waals surface area contributed by atoms with E-state index in [1.807, 2.05) is 21.1 Å². The third kappa shape index (κ3) is 38.4. The van der Waals surface area contributed by atoms with Crippen LogP contribution in [0.15, 0.2) is 0 Å². The van der Waals surface area contributed by atoms with Gasteiger partial charge in [0.1, 0.15) is 34.7 Å². The molecule has 0 aromatic carbocycles. The van der Waals surface area contributed by atoms with E-state index in [2.05, 4.69) is 44.7 Å². The van der Waals surface area contributed by atoms with Crippen molar-refractivity contribution in [2.24, 2.45) is 0 Å². The summed E-state index contributed by atoms with van der Waals surface area (Å²) in [6, 6.07) is 0. The summed E-state index contributed by atoms with van der Waals surface area (Å²) < 4.78 is 23.2. The lowest BCUT2D eigenvalue weighted by Gasteiger charge is -2.32. The zero-order chi connectivity index (χ0) is 59.0. The molecule has 12 fully saturated rings.